The van der Waals surface area contributed by atoms with E-state index in [-0.39, 0.29) is 29.1 Å². The Morgan fingerprint density at radius 3 is 2.16 bits per heavy atom. The van der Waals surface area contributed by atoms with Crippen molar-refractivity contribution < 1.29 is 31.7 Å². The van der Waals surface area contributed by atoms with Crippen molar-refractivity contribution in [3.8, 4) is 0 Å². The monoisotopic (exact) mass is 668 g/mol. The van der Waals surface area contributed by atoms with E-state index in [0.717, 1.165) is 5.56 Å². The molecule has 15 heteroatoms. The first-order valence-corrected chi connectivity index (χ1v) is 22.3. The van der Waals surface area contributed by atoms with Crippen molar-refractivity contribution in [2.45, 2.75) is 115 Å². The molecule has 2 saturated heterocycles. The van der Waals surface area contributed by atoms with Crippen LogP contribution < -0.4 is 11.4 Å². The number of aromatic nitrogens is 3. The van der Waals surface area contributed by atoms with Crippen molar-refractivity contribution in [2.24, 2.45) is 0 Å². The number of phosphoric ester groups is 1. The first-order chi connectivity index (χ1) is 20.2. The summed E-state index contributed by atoms with van der Waals surface area (Å²) in [4.78, 5) is 21.1. The summed E-state index contributed by atoms with van der Waals surface area (Å²) < 4.78 is 53.1. The van der Waals surface area contributed by atoms with Gasteiger partial charge in [0.1, 0.15) is 24.1 Å². The highest BCUT2D eigenvalue weighted by Crippen LogP contribution is 2.57. The second kappa shape index (κ2) is 12.8. The molecule has 6 atom stereocenters. The lowest BCUT2D eigenvalue weighted by Gasteiger charge is -2.44. The van der Waals surface area contributed by atoms with Crippen molar-refractivity contribution in [1.82, 2.24) is 14.5 Å². The van der Waals surface area contributed by atoms with Crippen molar-refractivity contribution in [2.75, 3.05) is 18.9 Å². The summed E-state index contributed by atoms with van der Waals surface area (Å²) >= 11 is 0. The van der Waals surface area contributed by atoms with Crippen LogP contribution in [0.3, 0.4) is 0 Å². The average Bonchev–Trinajstić information content (AvgIpc) is 3.22. The van der Waals surface area contributed by atoms with Gasteiger partial charge in [0.15, 0.2) is 22.9 Å². The van der Waals surface area contributed by atoms with E-state index in [0.29, 0.717) is 6.42 Å². The maximum absolute atomic E-state index is 13.7. The number of hydrogen-bond donors (Lipinski definition) is 1. The van der Waals surface area contributed by atoms with Gasteiger partial charge in [-0.05, 0) is 60.0 Å². The number of anilines is 1. The Morgan fingerprint density at radius 2 is 1.59 bits per heavy atom. The molecule has 0 amide bonds. The lowest BCUT2D eigenvalue weighted by atomic mass is 10.1. The number of nitrogen functional groups attached to an aromatic ring is 1. The summed E-state index contributed by atoms with van der Waals surface area (Å²) in [7, 11) is -8.84. The Balaban J connectivity index is 1.70. The fourth-order valence-corrected chi connectivity index (χ4v) is 8.53. The molecule has 4 rings (SSSR count). The minimum Gasteiger partial charge on any atom is -0.408 e. The number of phosphoric acid groups is 1. The summed E-state index contributed by atoms with van der Waals surface area (Å²) in [6.07, 6.45) is 1.90. The Morgan fingerprint density at radius 1 is 1.00 bits per heavy atom. The van der Waals surface area contributed by atoms with Crippen LogP contribution in [0.1, 0.15) is 65.9 Å². The second-order valence-corrected chi connectivity index (χ2v) is 25.7. The van der Waals surface area contributed by atoms with Gasteiger partial charge in [-0.25, -0.2) is 9.36 Å². The summed E-state index contributed by atoms with van der Waals surface area (Å²) in [6, 6.07) is 5.17. The van der Waals surface area contributed by atoms with E-state index in [2.05, 4.69) is 77.7 Å². The molecule has 246 valence electrons. The Labute approximate surface area is 262 Å². The van der Waals surface area contributed by atoms with E-state index in [9.17, 15) is 9.36 Å². The summed E-state index contributed by atoms with van der Waals surface area (Å²) in [6.45, 7) is 21.5. The number of nitrogens with zero attached hydrogens (tertiary/aromatic N) is 3. The van der Waals surface area contributed by atoms with Crippen LogP contribution in [0.25, 0.3) is 0 Å². The molecular weight excluding hydrogens is 619 g/mol. The Bertz CT molecular complexity index is 1400. The molecule has 0 aliphatic carbocycles. The maximum Gasteiger partial charge on any atom is 0.475 e. The van der Waals surface area contributed by atoms with E-state index >= 15 is 0 Å². The smallest absolute Gasteiger partial charge is 0.408 e. The standard InChI is InChI=1S/C29H49N4O8PSi2/c1-28(2,3)43(7,8)40-24-22(19-37-42(35)36-18-14-21(39-42)20-11-15-31-16-12-20)38-26(33-17-13-23(30)32-27(33)34)25(24)41-44(9,10)29(4,5)6/h11-13,15-17,21-22,24-26H,14,18-19H2,1-10H3,(H2,30,32,34)/t21-,22+,24+,25-,26+,42+/m0/s1. The molecule has 2 N–H and O–H groups in total. The van der Waals surface area contributed by atoms with Crippen molar-refractivity contribution >= 4 is 30.3 Å². The lowest BCUT2D eigenvalue weighted by molar-refractivity contribution is -0.0592. The van der Waals surface area contributed by atoms with Crippen molar-refractivity contribution in [1.29, 1.82) is 0 Å². The van der Waals surface area contributed by atoms with Crippen LogP contribution in [0.5, 0.6) is 0 Å². The molecule has 44 heavy (non-hydrogen) atoms. The van der Waals surface area contributed by atoms with Crippen LogP contribution in [0, 0.1) is 0 Å². The SMILES string of the molecule is CC(C)(C)[Si](C)(C)O[C@H]1[C@H](O[Si](C)(C)C(C)(C)C)[C@@H](CO[P@@]2(=O)OCC[C@@H](c3ccncc3)O2)O[C@H]1n1ccc(N)nc1=O. The highest BCUT2D eigenvalue weighted by molar-refractivity contribution is 7.48. The minimum absolute atomic E-state index is 0.105. The zero-order valence-electron chi connectivity index (χ0n) is 27.6. The third kappa shape index (κ3) is 7.79. The lowest BCUT2D eigenvalue weighted by Crippen LogP contribution is -2.54. The molecule has 0 aromatic carbocycles. The fraction of sp³-hybridized carbons (Fsp3) is 0.690. The topological polar surface area (TPSA) is 146 Å². The van der Waals surface area contributed by atoms with Gasteiger partial charge in [0, 0.05) is 25.0 Å². The van der Waals surface area contributed by atoms with Gasteiger partial charge < -0.3 is 19.3 Å². The highest BCUT2D eigenvalue weighted by Gasteiger charge is 2.55. The summed E-state index contributed by atoms with van der Waals surface area (Å²) in [5.41, 5.74) is 6.08. The second-order valence-electron chi connectivity index (χ2n) is 14.5. The molecule has 4 heterocycles. The molecular formula is C29H49N4O8PSi2. The third-order valence-electron chi connectivity index (χ3n) is 9.25. The first-order valence-electron chi connectivity index (χ1n) is 15.1. The number of pyridine rings is 1. The van der Waals surface area contributed by atoms with Crippen LogP contribution in [-0.2, 0) is 31.7 Å². The summed E-state index contributed by atoms with van der Waals surface area (Å²) in [5.74, 6) is 0.105. The van der Waals surface area contributed by atoms with Gasteiger partial charge in [-0.15, -0.1) is 0 Å². The highest BCUT2D eigenvalue weighted by atomic mass is 31.2. The molecule has 2 aromatic heterocycles. The molecule has 2 aliphatic rings. The van der Waals surface area contributed by atoms with Gasteiger partial charge in [0.2, 0.25) is 0 Å². The van der Waals surface area contributed by atoms with E-state index in [4.69, 9.17) is 32.9 Å². The van der Waals surface area contributed by atoms with Gasteiger partial charge in [-0.2, -0.15) is 4.98 Å². The molecule has 0 saturated carbocycles. The first kappa shape index (κ1) is 35.1. The molecule has 0 bridgehead atoms. The number of rotatable bonds is 9. The molecule has 12 nitrogen and oxygen atoms in total. The maximum atomic E-state index is 13.7. The van der Waals surface area contributed by atoms with Gasteiger partial charge in [-0.3, -0.25) is 23.1 Å². The van der Waals surface area contributed by atoms with Gasteiger partial charge in [-0.1, -0.05) is 41.5 Å². The normalized spacial score (nSPS) is 28.7. The molecule has 0 unspecified atom stereocenters. The molecule has 2 aliphatic heterocycles. The van der Waals surface area contributed by atoms with Crippen LogP contribution in [0.15, 0.2) is 41.6 Å². The number of ether oxygens (including phenoxy) is 1. The molecule has 0 radical (unpaired) electrons. The summed E-state index contributed by atoms with van der Waals surface area (Å²) in [5, 5.41) is -0.286. The van der Waals surface area contributed by atoms with E-state index in [1.807, 2.05) is 12.1 Å². The Kier molecular flexibility index (Phi) is 10.2. The van der Waals surface area contributed by atoms with Gasteiger partial charge >= 0.3 is 13.5 Å². The quantitative estimate of drug-likeness (QED) is 0.241. The van der Waals surface area contributed by atoms with Crippen LogP contribution in [-0.4, -0.2) is 62.7 Å². The van der Waals surface area contributed by atoms with E-state index < -0.39 is 60.8 Å². The average molecular weight is 669 g/mol. The van der Waals surface area contributed by atoms with Crippen molar-refractivity contribution in [3.63, 3.8) is 0 Å². The predicted molar refractivity (Wildman–Crippen MR) is 173 cm³/mol. The fourth-order valence-electron chi connectivity index (χ4n) is 4.54. The van der Waals surface area contributed by atoms with Crippen LogP contribution >= 0.6 is 7.82 Å². The van der Waals surface area contributed by atoms with Crippen LogP contribution in [0.4, 0.5) is 5.82 Å². The van der Waals surface area contributed by atoms with Crippen molar-refractivity contribution in [3.05, 3.63) is 52.8 Å². The third-order valence-corrected chi connectivity index (χ3v) is 19.7. The molecule has 2 aromatic rings. The predicted octanol–water partition coefficient (Wildman–Crippen LogP) is 6.20. The minimum atomic E-state index is -3.97. The van der Waals surface area contributed by atoms with E-state index in [1.165, 1.54) is 4.57 Å². The zero-order valence-corrected chi connectivity index (χ0v) is 30.5. The Hall–Kier alpha value is -1.75. The largest absolute Gasteiger partial charge is 0.475 e. The van der Waals surface area contributed by atoms with Gasteiger partial charge in [0.05, 0.1) is 19.3 Å². The van der Waals surface area contributed by atoms with Crippen LogP contribution in [0.2, 0.25) is 36.3 Å². The molecule has 2 fully saturated rings. The number of nitrogens with two attached hydrogens (primary N) is 1. The van der Waals surface area contributed by atoms with E-state index in [1.54, 1.807) is 24.7 Å². The number of hydrogen-bond acceptors (Lipinski definition) is 11. The molecule has 0 spiro atoms. The van der Waals surface area contributed by atoms with Gasteiger partial charge in [0.25, 0.3) is 0 Å². The zero-order chi connectivity index (χ0) is 32.7.